The maximum atomic E-state index is 12.8. The molecule has 0 spiro atoms. The molecule has 1 saturated heterocycles. The van der Waals surface area contributed by atoms with Gasteiger partial charge in [0.1, 0.15) is 0 Å². The van der Waals surface area contributed by atoms with Crippen molar-refractivity contribution in [2.45, 2.75) is 37.0 Å². The zero-order valence-corrected chi connectivity index (χ0v) is 13.4. The molecule has 23 heavy (non-hydrogen) atoms. The van der Waals surface area contributed by atoms with Gasteiger partial charge in [0, 0.05) is 25.2 Å². The molecule has 0 saturated carbocycles. The van der Waals surface area contributed by atoms with Crippen molar-refractivity contribution in [3.05, 3.63) is 29.3 Å². The van der Waals surface area contributed by atoms with Crippen LogP contribution >= 0.6 is 0 Å². The van der Waals surface area contributed by atoms with E-state index in [1.54, 1.807) is 6.92 Å². The molecule has 2 unspecified atom stereocenters. The molecule has 1 fully saturated rings. The Hall–Kier alpha value is -1.63. The Morgan fingerprint density at radius 3 is 2.57 bits per heavy atom. The van der Waals surface area contributed by atoms with Gasteiger partial charge in [-0.1, -0.05) is 0 Å². The van der Waals surface area contributed by atoms with Crippen LogP contribution in [0.3, 0.4) is 0 Å². The summed E-state index contributed by atoms with van der Waals surface area (Å²) in [6, 6.07) is 3.36. The summed E-state index contributed by atoms with van der Waals surface area (Å²) in [5.74, 6) is 0. The Morgan fingerprint density at radius 1 is 1.35 bits per heavy atom. The fourth-order valence-corrected chi connectivity index (χ4v) is 4.23. The van der Waals surface area contributed by atoms with Gasteiger partial charge in [0.05, 0.1) is 22.1 Å². The van der Waals surface area contributed by atoms with Gasteiger partial charge in [-0.25, -0.2) is 8.42 Å². The second kappa shape index (κ2) is 6.11. The monoisotopic (exact) mass is 347 g/mol. The van der Waals surface area contributed by atoms with Crippen molar-refractivity contribution in [1.82, 2.24) is 9.62 Å². The number of nitrogens with zero attached hydrogens (tertiary/aromatic N) is 2. The molecule has 0 aliphatic carbocycles. The highest BCUT2D eigenvalue weighted by atomic mass is 32.2. The van der Waals surface area contributed by atoms with Gasteiger partial charge in [-0.3, -0.25) is 0 Å². The lowest BCUT2D eigenvalue weighted by Crippen LogP contribution is -2.56. The van der Waals surface area contributed by atoms with E-state index < -0.39 is 27.3 Å². The Morgan fingerprint density at radius 2 is 2.00 bits per heavy atom. The molecule has 0 radical (unpaired) electrons. The number of benzene rings is 1. The molecule has 0 amide bonds. The lowest BCUT2D eigenvalue weighted by molar-refractivity contribution is -0.137. The first-order valence-electron chi connectivity index (χ1n) is 6.94. The number of hydrogen-bond acceptors (Lipinski definition) is 4. The predicted octanol–water partition coefficient (Wildman–Crippen LogP) is 1.95. The summed E-state index contributed by atoms with van der Waals surface area (Å²) in [7, 11) is -3.96. The Kier molecular flexibility index (Phi) is 4.71. The van der Waals surface area contributed by atoms with Crippen LogP contribution in [0.25, 0.3) is 0 Å². The minimum atomic E-state index is -4.70. The average molecular weight is 347 g/mol. The van der Waals surface area contributed by atoms with Crippen LogP contribution in [-0.4, -0.2) is 37.9 Å². The van der Waals surface area contributed by atoms with Gasteiger partial charge in [-0.05, 0) is 32.0 Å². The van der Waals surface area contributed by atoms with Crippen LogP contribution in [0.1, 0.15) is 25.0 Å². The van der Waals surface area contributed by atoms with Crippen molar-refractivity contribution in [3.8, 4) is 6.07 Å². The van der Waals surface area contributed by atoms with Gasteiger partial charge >= 0.3 is 6.18 Å². The van der Waals surface area contributed by atoms with Gasteiger partial charge in [-0.2, -0.15) is 22.7 Å². The number of halogens is 3. The van der Waals surface area contributed by atoms with Crippen LogP contribution < -0.4 is 5.32 Å². The van der Waals surface area contributed by atoms with Gasteiger partial charge in [0.15, 0.2) is 0 Å². The van der Waals surface area contributed by atoms with Gasteiger partial charge in [0.25, 0.3) is 0 Å². The second-order valence-electron chi connectivity index (χ2n) is 5.55. The first kappa shape index (κ1) is 17.7. The molecule has 1 aliphatic heterocycles. The largest absolute Gasteiger partial charge is 0.417 e. The SMILES string of the molecule is CC1CN(S(=O)(=O)c2ccc(C(F)(F)F)c(C#N)c2)C(C)CN1. The molecule has 0 aromatic heterocycles. The number of nitriles is 1. The van der Waals surface area contributed by atoms with E-state index in [0.29, 0.717) is 12.6 Å². The lowest BCUT2D eigenvalue weighted by atomic mass is 10.1. The second-order valence-corrected chi connectivity index (χ2v) is 7.44. The highest BCUT2D eigenvalue weighted by Gasteiger charge is 2.37. The number of rotatable bonds is 2. The summed E-state index contributed by atoms with van der Waals surface area (Å²) < 4.78 is 65.0. The Labute approximate surface area is 132 Å². The molecule has 5 nitrogen and oxygen atoms in total. The minimum absolute atomic E-state index is 0.0640. The van der Waals surface area contributed by atoms with Crippen LogP contribution in [-0.2, 0) is 16.2 Å². The zero-order valence-electron chi connectivity index (χ0n) is 12.6. The third kappa shape index (κ3) is 3.49. The van der Waals surface area contributed by atoms with E-state index >= 15 is 0 Å². The molecular weight excluding hydrogens is 331 g/mol. The summed E-state index contributed by atoms with van der Waals surface area (Å²) in [6.07, 6.45) is -4.70. The highest BCUT2D eigenvalue weighted by molar-refractivity contribution is 7.89. The summed E-state index contributed by atoms with van der Waals surface area (Å²) in [4.78, 5) is -0.303. The average Bonchev–Trinajstić information content (AvgIpc) is 2.48. The smallest absolute Gasteiger partial charge is 0.311 e. The summed E-state index contributed by atoms with van der Waals surface area (Å²) in [5, 5.41) is 12.0. The van der Waals surface area contributed by atoms with Crippen molar-refractivity contribution in [2.24, 2.45) is 0 Å². The molecule has 1 aromatic rings. The fourth-order valence-electron chi connectivity index (χ4n) is 2.48. The number of hydrogen-bond donors (Lipinski definition) is 1. The van der Waals surface area contributed by atoms with Gasteiger partial charge in [0.2, 0.25) is 10.0 Å². The van der Waals surface area contributed by atoms with E-state index in [0.717, 1.165) is 12.1 Å². The maximum Gasteiger partial charge on any atom is 0.417 e. The molecule has 126 valence electrons. The first-order chi connectivity index (χ1) is 10.6. The highest BCUT2D eigenvalue weighted by Crippen LogP contribution is 2.33. The molecule has 9 heteroatoms. The van der Waals surface area contributed by atoms with E-state index in [-0.39, 0.29) is 23.5 Å². The van der Waals surface area contributed by atoms with Gasteiger partial charge in [-0.15, -0.1) is 0 Å². The van der Waals surface area contributed by atoms with E-state index in [4.69, 9.17) is 5.26 Å². The quantitative estimate of drug-likeness (QED) is 0.887. The van der Waals surface area contributed by atoms with Crippen molar-refractivity contribution in [1.29, 1.82) is 5.26 Å². The first-order valence-corrected chi connectivity index (χ1v) is 8.38. The van der Waals surface area contributed by atoms with E-state index in [9.17, 15) is 21.6 Å². The Balaban J connectivity index is 2.47. The molecule has 2 atom stereocenters. The van der Waals surface area contributed by atoms with E-state index in [1.165, 1.54) is 10.4 Å². The third-order valence-electron chi connectivity index (χ3n) is 3.73. The number of alkyl halides is 3. The molecule has 2 rings (SSSR count). The van der Waals surface area contributed by atoms with E-state index in [1.807, 2.05) is 6.92 Å². The normalized spacial score (nSPS) is 23.5. The standard InChI is InChI=1S/C14H16F3N3O2S/c1-9-8-20(10(2)7-19-9)23(21,22)12-3-4-13(14(15,16)17)11(5-12)6-18/h3-5,9-10,19H,7-8H2,1-2H3. The number of piperazine rings is 1. The maximum absolute atomic E-state index is 12.8. The van der Waals surface area contributed by atoms with Crippen molar-refractivity contribution >= 4 is 10.0 Å². The van der Waals surface area contributed by atoms with E-state index in [2.05, 4.69) is 5.32 Å². The lowest BCUT2D eigenvalue weighted by Gasteiger charge is -2.36. The predicted molar refractivity (Wildman–Crippen MR) is 77.0 cm³/mol. The van der Waals surface area contributed by atoms with Crippen LogP contribution in [0.15, 0.2) is 23.1 Å². The van der Waals surface area contributed by atoms with Crippen molar-refractivity contribution < 1.29 is 21.6 Å². The minimum Gasteiger partial charge on any atom is -0.311 e. The number of sulfonamides is 1. The third-order valence-corrected chi connectivity index (χ3v) is 5.71. The van der Waals surface area contributed by atoms with Crippen LogP contribution in [0.2, 0.25) is 0 Å². The van der Waals surface area contributed by atoms with Crippen LogP contribution in [0, 0.1) is 11.3 Å². The topological polar surface area (TPSA) is 73.2 Å². The summed E-state index contributed by atoms with van der Waals surface area (Å²) in [5.41, 5.74) is -1.84. The molecule has 1 heterocycles. The molecule has 0 bridgehead atoms. The fraction of sp³-hybridized carbons (Fsp3) is 0.500. The summed E-state index contributed by atoms with van der Waals surface area (Å²) in [6.45, 7) is 4.20. The zero-order chi connectivity index (χ0) is 17.4. The summed E-state index contributed by atoms with van der Waals surface area (Å²) >= 11 is 0. The van der Waals surface area contributed by atoms with Gasteiger partial charge < -0.3 is 5.32 Å². The number of nitrogens with one attached hydrogen (secondary N) is 1. The molecule has 1 aliphatic rings. The van der Waals surface area contributed by atoms with Crippen LogP contribution in [0.5, 0.6) is 0 Å². The molecule has 1 N–H and O–H groups in total. The van der Waals surface area contributed by atoms with Crippen molar-refractivity contribution in [2.75, 3.05) is 13.1 Å². The van der Waals surface area contributed by atoms with Crippen molar-refractivity contribution in [3.63, 3.8) is 0 Å². The molecule has 1 aromatic carbocycles. The molecular formula is C14H16F3N3O2S. The Bertz CT molecular complexity index is 741. The van der Waals surface area contributed by atoms with Crippen LogP contribution in [0.4, 0.5) is 13.2 Å².